The van der Waals surface area contributed by atoms with E-state index in [1.165, 1.54) is 4.90 Å². The first-order chi connectivity index (χ1) is 11.0. The van der Waals surface area contributed by atoms with Gasteiger partial charge < -0.3 is 4.74 Å². The van der Waals surface area contributed by atoms with E-state index in [0.29, 0.717) is 23.8 Å². The highest BCUT2D eigenvalue weighted by Crippen LogP contribution is 2.42. The Morgan fingerprint density at radius 2 is 1.78 bits per heavy atom. The van der Waals surface area contributed by atoms with Gasteiger partial charge >= 0.3 is 5.97 Å². The van der Waals surface area contributed by atoms with Crippen LogP contribution in [0.15, 0.2) is 24.3 Å². The number of carbonyl (C=O) groups is 3. The Morgan fingerprint density at radius 1 is 1.13 bits per heavy atom. The zero-order valence-corrected chi connectivity index (χ0v) is 13.5. The summed E-state index contributed by atoms with van der Waals surface area (Å²) in [6, 6.07) is 6.47. The predicted octanol–water partition coefficient (Wildman–Crippen LogP) is 2.79. The molecule has 1 aromatic carbocycles. The SMILES string of the molecule is CCOC(=O)c1ccc(N2C(=O)[C@H]3C[C@H](C)CC[C@H]3C2=O)cc1. The molecule has 1 saturated heterocycles. The molecule has 1 aliphatic carbocycles. The fourth-order valence-electron chi connectivity index (χ4n) is 3.61. The van der Waals surface area contributed by atoms with Crippen LogP contribution in [0, 0.1) is 17.8 Å². The molecule has 0 bridgehead atoms. The first-order valence-corrected chi connectivity index (χ1v) is 8.18. The molecule has 0 spiro atoms. The molecule has 0 aromatic heterocycles. The molecule has 2 amide bonds. The second-order valence-corrected chi connectivity index (χ2v) is 6.41. The van der Waals surface area contributed by atoms with Crippen LogP contribution in [0.25, 0.3) is 0 Å². The number of amides is 2. The molecule has 1 heterocycles. The summed E-state index contributed by atoms with van der Waals surface area (Å²) in [7, 11) is 0. The van der Waals surface area contributed by atoms with Crippen LogP contribution in [0.2, 0.25) is 0 Å². The number of fused-ring (bicyclic) bond motifs is 1. The van der Waals surface area contributed by atoms with Crippen molar-refractivity contribution in [2.75, 3.05) is 11.5 Å². The van der Waals surface area contributed by atoms with Gasteiger partial charge in [0.25, 0.3) is 0 Å². The number of rotatable bonds is 3. The maximum Gasteiger partial charge on any atom is 0.338 e. The molecule has 2 fully saturated rings. The Labute approximate surface area is 135 Å². The fourth-order valence-corrected chi connectivity index (χ4v) is 3.61. The predicted molar refractivity (Wildman–Crippen MR) is 84.9 cm³/mol. The Bertz CT molecular complexity index is 637. The molecule has 0 radical (unpaired) electrons. The number of hydrogen-bond acceptors (Lipinski definition) is 4. The molecule has 1 saturated carbocycles. The number of hydrogen-bond donors (Lipinski definition) is 0. The van der Waals surface area contributed by atoms with E-state index < -0.39 is 5.97 Å². The standard InChI is InChI=1S/C18H21NO4/c1-3-23-18(22)12-5-7-13(8-6-12)19-16(20)14-9-4-11(2)10-15(14)17(19)21/h5-8,11,14-15H,3-4,9-10H2,1-2H3/t11-,14-,15+/m1/s1. The van der Waals surface area contributed by atoms with E-state index in [0.717, 1.165) is 19.3 Å². The number of esters is 1. The van der Waals surface area contributed by atoms with Gasteiger partial charge in [-0.25, -0.2) is 4.79 Å². The summed E-state index contributed by atoms with van der Waals surface area (Å²) >= 11 is 0. The Hall–Kier alpha value is -2.17. The van der Waals surface area contributed by atoms with Crippen LogP contribution in [0.5, 0.6) is 0 Å². The quantitative estimate of drug-likeness (QED) is 0.635. The maximum absolute atomic E-state index is 12.6. The van der Waals surface area contributed by atoms with Gasteiger partial charge in [0, 0.05) is 0 Å². The third kappa shape index (κ3) is 2.76. The first kappa shape index (κ1) is 15.7. The molecule has 122 valence electrons. The lowest BCUT2D eigenvalue weighted by atomic mass is 9.76. The van der Waals surface area contributed by atoms with Gasteiger partial charge in [-0.05, 0) is 56.4 Å². The normalized spacial score (nSPS) is 27.0. The minimum atomic E-state index is -0.402. The van der Waals surface area contributed by atoms with Crippen molar-refractivity contribution in [3.8, 4) is 0 Å². The Balaban J connectivity index is 1.83. The lowest BCUT2D eigenvalue weighted by molar-refractivity contribution is -0.122. The third-order valence-corrected chi connectivity index (χ3v) is 4.82. The van der Waals surface area contributed by atoms with Gasteiger partial charge in [0.15, 0.2) is 0 Å². The van der Waals surface area contributed by atoms with Crippen molar-refractivity contribution in [2.24, 2.45) is 17.8 Å². The van der Waals surface area contributed by atoms with Crippen molar-refractivity contribution in [3.05, 3.63) is 29.8 Å². The monoisotopic (exact) mass is 315 g/mol. The molecular formula is C18H21NO4. The van der Waals surface area contributed by atoms with Crippen molar-refractivity contribution >= 4 is 23.5 Å². The Kier molecular flexibility index (Phi) is 4.20. The van der Waals surface area contributed by atoms with E-state index >= 15 is 0 Å². The van der Waals surface area contributed by atoms with Gasteiger partial charge in [0.05, 0.1) is 29.7 Å². The molecule has 3 rings (SSSR count). The van der Waals surface area contributed by atoms with Gasteiger partial charge in [0.1, 0.15) is 0 Å². The number of ether oxygens (including phenoxy) is 1. The molecule has 5 heteroatoms. The van der Waals surface area contributed by atoms with E-state index in [1.54, 1.807) is 31.2 Å². The number of benzene rings is 1. The van der Waals surface area contributed by atoms with Crippen molar-refractivity contribution in [2.45, 2.75) is 33.1 Å². The molecule has 2 aliphatic rings. The molecule has 0 unspecified atom stereocenters. The zero-order valence-electron chi connectivity index (χ0n) is 13.5. The molecule has 0 N–H and O–H groups in total. The van der Waals surface area contributed by atoms with Crippen LogP contribution in [0.3, 0.4) is 0 Å². The summed E-state index contributed by atoms with van der Waals surface area (Å²) in [5, 5.41) is 0. The molecule has 1 aromatic rings. The van der Waals surface area contributed by atoms with E-state index in [-0.39, 0.29) is 23.7 Å². The largest absolute Gasteiger partial charge is 0.462 e. The molecule has 5 nitrogen and oxygen atoms in total. The van der Waals surface area contributed by atoms with Gasteiger partial charge in [-0.1, -0.05) is 6.92 Å². The van der Waals surface area contributed by atoms with Crippen LogP contribution in [0.1, 0.15) is 43.5 Å². The van der Waals surface area contributed by atoms with Gasteiger partial charge in [-0.3, -0.25) is 14.5 Å². The van der Waals surface area contributed by atoms with Gasteiger partial charge in [-0.2, -0.15) is 0 Å². The van der Waals surface area contributed by atoms with Crippen molar-refractivity contribution in [3.63, 3.8) is 0 Å². The Morgan fingerprint density at radius 3 is 2.43 bits per heavy atom. The van der Waals surface area contributed by atoms with E-state index in [4.69, 9.17) is 4.74 Å². The molecular weight excluding hydrogens is 294 g/mol. The number of carbonyl (C=O) groups excluding carboxylic acids is 3. The number of imide groups is 1. The summed E-state index contributed by atoms with van der Waals surface area (Å²) in [4.78, 5) is 38.2. The van der Waals surface area contributed by atoms with Crippen LogP contribution in [0.4, 0.5) is 5.69 Å². The van der Waals surface area contributed by atoms with Gasteiger partial charge in [-0.15, -0.1) is 0 Å². The summed E-state index contributed by atoms with van der Waals surface area (Å²) in [6.45, 7) is 4.19. The minimum absolute atomic E-state index is 0.101. The summed E-state index contributed by atoms with van der Waals surface area (Å²) < 4.78 is 4.94. The van der Waals surface area contributed by atoms with Gasteiger partial charge in [0.2, 0.25) is 11.8 Å². The van der Waals surface area contributed by atoms with Crippen LogP contribution < -0.4 is 4.90 Å². The average molecular weight is 315 g/mol. The first-order valence-electron chi connectivity index (χ1n) is 8.18. The van der Waals surface area contributed by atoms with E-state index in [9.17, 15) is 14.4 Å². The molecule has 23 heavy (non-hydrogen) atoms. The van der Waals surface area contributed by atoms with Crippen LogP contribution in [-0.4, -0.2) is 24.4 Å². The molecule has 1 aliphatic heterocycles. The highest BCUT2D eigenvalue weighted by atomic mass is 16.5. The second kappa shape index (κ2) is 6.14. The van der Waals surface area contributed by atoms with Crippen molar-refractivity contribution < 1.29 is 19.1 Å². The topological polar surface area (TPSA) is 63.7 Å². The number of nitrogens with zero attached hydrogens (tertiary/aromatic N) is 1. The van der Waals surface area contributed by atoms with Crippen LogP contribution >= 0.6 is 0 Å². The zero-order chi connectivity index (χ0) is 16.6. The van der Waals surface area contributed by atoms with E-state index in [2.05, 4.69) is 6.92 Å². The number of anilines is 1. The lowest BCUT2D eigenvalue weighted by Crippen LogP contribution is -2.30. The summed E-state index contributed by atoms with van der Waals surface area (Å²) in [6.07, 6.45) is 2.57. The minimum Gasteiger partial charge on any atom is -0.462 e. The summed E-state index contributed by atoms with van der Waals surface area (Å²) in [5.41, 5.74) is 0.954. The summed E-state index contributed by atoms with van der Waals surface area (Å²) in [5.74, 6) is -0.481. The van der Waals surface area contributed by atoms with E-state index in [1.807, 2.05) is 0 Å². The highest BCUT2D eigenvalue weighted by Gasteiger charge is 2.49. The average Bonchev–Trinajstić information content (AvgIpc) is 2.79. The highest BCUT2D eigenvalue weighted by molar-refractivity contribution is 6.22. The molecule has 3 atom stereocenters. The van der Waals surface area contributed by atoms with Crippen LogP contribution in [-0.2, 0) is 14.3 Å². The third-order valence-electron chi connectivity index (χ3n) is 4.82. The van der Waals surface area contributed by atoms with Crippen molar-refractivity contribution in [1.29, 1.82) is 0 Å². The fraction of sp³-hybridized carbons (Fsp3) is 0.500. The maximum atomic E-state index is 12.6. The smallest absolute Gasteiger partial charge is 0.338 e. The second-order valence-electron chi connectivity index (χ2n) is 6.41. The lowest BCUT2D eigenvalue weighted by Gasteiger charge is -2.25. The van der Waals surface area contributed by atoms with Crippen molar-refractivity contribution in [1.82, 2.24) is 0 Å².